The first kappa shape index (κ1) is 114. The first-order valence-electron chi connectivity index (χ1n) is 6.15. The van der Waals surface area contributed by atoms with E-state index in [4.69, 9.17) is 0 Å². The zero-order valence-electron chi connectivity index (χ0n) is 18.1. The van der Waals surface area contributed by atoms with Gasteiger partial charge >= 0.3 is 42.1 Å². The molecule has 0 heterocycles. The van der Waals surface area contributed by atoms with Crippen molar-refractivity contribution in [2.75, 3.05) is 0 Å². The largest absolute Gasteiger partial charge is 2.00 e. The molecule has 0 atom stereocenters. The summed E-state index contributed by atoms with van der Waals surface area (Å²) in [7, 11) is 0. The minimum absolute atomic E-state index is 0. The molecule has 0 amide bonds. The van der Waals surface area contributed by atoms with Crippen LogP contribution in [0.1, 0.15) is 69.2 Å². The van der Waals surface area contributed by atoms with Gasteiger partial charge in [-0.1, -0.05) is 27.7 Å². The average molecular weight is 2250 g/mol. The van der Waals surface area contributed by atoms with E-state index in [2.05, 4.69) is 55.4 Å². The van der Waals surface area contributed by atoms with Crippen LogP contribution in [0.15, 0.2) is 12.2 Å². The summed E-state index contributed by atoms with van der Waals surface area (Å²) in [6.07, 6.45) is 3.28. The molecule has 0 aliphatic heterocycles. The molecule has 0 aliphatic rings. The number of rotatable bonds is 0. The van der Waals surface area contributed by atoms with Gasteiger partial charge in [-0.3, -0.25) is 0 Å². The Hall–Kier alpha value is 7.05. The van der Waals surface area contributed by atoms with Crippen LogP contribution in [-0.2, 0) is 232 Å². The van der Waals surface area contributed by atoms with Crippen LogP contribution < -0.4 is 0 Å². The molecule has 0 saturated carbocycles. The maximum atomic E-state index is 3.36. The maximum Gasteiger partial charge on any atom is 2.00 e. The average Bonchev–Trinajstić information content (AvgIpc) is 2.22. The molecule has 27 heavy (non-hydrogen) atoms. The fourth-order valence-electron chi connectivity index (χ4n) is 0. The summed E-state index contributed by atoms with van der Waals surface area (Å²) < 4.78 is 0. The minimum atomic E-state index is 0. The van der Waals surface area contributed by atoms with Gasteiger partial charge in [-0.05, 0) is 0 Å². The zero-order valence-corrected chi connectivity index (χ0v) is 50.3. The normalized spacial score (nSPS) is 4.44. The standard InChI is InChI=1S/2C4H9.C4H6.2C2H6.11W/c2*1-4(2)3;1-3-4-2;2*1-2;;;;;;;;;;;/h2*1-3H3;3-4H,1-2H2;2*1-2H3;;;;;;;;;;;/q2*-1;-2;;;;;;;;;;;;2*+2. The minimum Gasteiger partial charge on any atom is -0.382 e. The molecule has 0 unspecified atom stereocenters. The molecular weight excluding hydrogens is 2210 g/mol. The van der Waals surface area contributed by atoms with Gasteiger partial charge in [0.25, 0.3) is 0 Å². The Labute approximate surface area is 332 Å². The van der Waals surface area contributed by atoms with E-state index < -0.39 is 0 Å². The smallest absolute Gasteiger partial charge is 0.382 e. The van der Waals surface area contributed by atoms with Crippen LogP contribution in [0.3, 0.4) is 0 Å². The van der Waals surface area contributed by atoms with Crippen LogP contribution >= 0.6 is 0 Å². The van der Waals surface area contributed by atoms with E-state index in [9.17, 15) is 0 Å². The maximum absolute atomic E-state index is 3.36. The van der Waals surface area contributed by atoms with E-state index in [1.807, 2.05) is 27.7 Å². The van der Waals surface area contributed by atoms with Crippen LogP contribution in [0, 0.1) is 25.7 Å². The van der Waals surface area contributed by atoms with Crippen LogP contribution in [0.2, 0.25) is 0 Å². The van der Waals surface area contributed by atoms with Gasteiger partial charge in [0.05, 0.1) is 0 Å². The van der Waals surface area contributed by atoms with Gasteiger partial charge in [0, 0.05) is 190 Å². The van der Waals surface area contributed by atoms with Gasteiger partial charge in [0.1, 0.15) is 0 Å². The van der Waals surface area contributed by atoms with Crippen LogP contribution in [0.4, 0.5) is 0 Å². The third-order valence-corrected chi connectivity index (χ3v) is 0.167. The molecule has 0 spiro atoms. The quantitative estimate of drug-likeness (QED) is 0.244. The van der Waals surface area contributed by atoms with Crippen molar-refractivity contribution in [2.24, 2.45) is 0 Å². The molecular formula is C16H36W11. The summed E-state index contributed by atoms with van der Waals surface area (Å²) in [6.45, 7) is 27.2. The van der Waals surface area contributed by atoms with E-state index in [0.717, 1.165) is 0 Å². The second-order valence-corrected chi connectivity index (χ2v) is 3.47. The van der Waals surface area contributed by atoms with Crippen molar-refractivity contribution in [3.8, 4) is 0 Å². The Morgan fingerprint density at radius 2 is 0.444 bits per heavy atom. The van der Waals surface area contributed by atoms with Crippen molar-refractivity contribution in [3.63, 3.8) is 0 Å². The van der Waals surface area contributed by atoms with Gasteiger partial charge in [-0.15, -0.1) is 0 Å². The van der Waals surface area contributed by atoms with Gasteiger partial charge in [-0.25, -0.2) is 0 Å². The van der Waals surface area contributed by atoms with Crippen LogP contribution in [-0.4, -0.2) is 0 Å². The number of allylic oxidation sites excluding steroid dienone is 2. The zero-order chi connectivity index (χ0) is 14.6. The van der Waals surface area contributed by atoms with E-state index in [-0.39, 0.29) is 232 Å². The molecule has 0 aliphatic carbocycles. The second-order valence-electron chi connectivity index (χ2n) is 3.47. The monoisotopic (exact) mass is 2250 g/mol. The first-order chi connectivity index (χ1) is 7.38. The van der Waals surface area contributed by atoms with Crippen molar-refractivity contribution in [3.05, 3.63) is 37.8 Å². The molecule has 0 aromatic carbocycles. The van der Waals surface area contributed by atoms with E-state index in [1.54, 1.807) is 12.2 Å². The van der Waals surface area contributed by atoms with Crippen LogP contribution in [0.5, 0.6) is 0 Å². The summed E-state index contributed by atoms with van der Waals surface area (Å²) in [6, 6.07) is 0. The molecule has 0 saturated heterocycles. The first-order valence-corrected chi connectivity index (χ1v) is 6.15. The van der Waals surface area contributed by atoms with Gasteiger partial charge in [0.2, 0.25) is 0 Å². The number of hydrogen-bond donors (Lipinski definition) is 0. The van der Waals surface area contributed by atoms with Crippen molar-refractivity contribution in [1.29, 1.82) is 0 Å². The van der Waals surface area contributed by atoms with Gasteiger partial charge in [-0.2, -0.15) is 41.5 Å². The molecule has 0 nitrogen and oxygen atoms in total. The summed E-state index contributed by atoms with van der Waals surface area (Å²) in [4.78, 5) is 0. The van der Waals surface area contributed by atoms with Gasteiger partial charge < -0.3 is 37.8 Å². The Balaban J connectivity index is -0.00000000370. The third kappa shape index (κ3) is 492. The summed E-state index contributed by atoms with van der Waals surface area (Å²) >= 11 is 0. The fraction of sp³-hybridized carbons (Fsp3) is 0.625. The van der Waals surface area contributed by atoms with Gasteiger partial charge in [0.15, 0.2) is 0 Å². The molecule has 0 fully saturated rings. The number of hydrogen-bond acceptors (Lipinski definition) is 0. The van der Waals surface area contributed by atoms with Crippen molar-refractivity contribution < 1.29 is 232 Å². The van der Waals surface area contributed by atoms with E-state index >= 15 is 0 Å². The Bertz CT molecular complexity index is 78.9. The molecule has 0 N–H and O–H groups in total. The summed E-state index contributed by atoms with van der Waals surface area (Å²) in [5.74, 6) is 2.83. The Kier molecular flexibility index (Phi) is 634. The molecule has 0 aromatic rings. The Morgan fingerprint density at radius 1 is 0.407 bits per heavy atom. The van der Waals surface area contributed by atoms with Crippen molar-refractivity contribution >= 4 is 0 Å². The molecule has 11 heteroatoms. The van der Waals surface area contributed by atoms with Crippen LogP contribution in [0.25, 0.3) is 0 Å². The van der Waals surface area contributed by atoms with Crippen molar-refractivity contribution in [2.45, 2.75) is 69.2 Å². The SMILES string of the molecule is CC.CC.C[C-](C)C.C[C-](C)C.[CH2-]C=C[CH2-].[W+2].[W+2].[W].[W].[W].[W].[W].[W].[W].[W].[W]. The predicted molar refractivity (Wildman–Crippen MR) is 83.1 cm³/mol. The molecule has 0 aromatic heterocycles. The predicted octanol–water partition coefficient (Wildman–Crippen LogP) is 6.48. The van der Waals surface area contributed by atoms with E-state index in [1.165, 1.54) is 11.8 Å². The second kappa shape index (κ2) is 150. The molecule has 166 valence electrons. The fourth-order valence-corrected chi connectivity index (χ4v) is 0. The third-order valence-electron chi connectivity index (χ3n) is 0.167. The molecule has 0 rings (SSSR count). The molecule has 0 radical (unpaired) electrons. The molecule has 0 bridgehead atoms. The van der Waals surface area contributed by atoms with E-state index in [0.29, 0.717) is 0 Å². The Morgan fingerprint density at radius 3 is 0.444 bits per heavy atom. The summed E-state index contributed by atoms with van der Waals surface area (Å²) in [5.41, 5.74) is 0. The van der Waals surface area contributed by atoms with Crippen molar-refractivity contribution in [1.82, 2.24) is 0 Å². The summed E-state index contributed by atoms with van der Waals surface area (Å²) in [5, 5.41) is 0. The topological polar surface area (TPSA) is 0 Å².